The molecule has 0 aliphatic heterocycles. The fourth-order valence-electron chi connectivity index (χ4n) is 3.75. The van der Waals surface area contributed by atoms with Crippen molar-refractivity contribution in [3.05, 3.63) is 58.9 Å². The lowest BCUT2D eigenvalue weighted by atomic mass is 9.86. The fraction of sp³-hybridized carbons (Fsp3) is 0.409. The average Bonchev–Trinajstić information content (AvgIpc) is 2.76. The number of rotatable bonds is 2. The van der Waals surface area contributed by atoms with E-state index in [0.717, 1.165) is 11.1 Å². The second-order valence-corrected chi connectivity index (χ2v) is 8.84. The number of carbonyl (C=O) groups excluding carboxylic acids is 1. The number of amides is 1. The van der Waals surface area contributed by atoms with Crippen molar-refractivity contribution in [1.29, 1.82) is 0 Å². The zero-order valence-corrected chi connectivity index (χ0v) is 16.0. The minimum Gasteiger partial charge on any atom is -0.441 e. The van der Waals surface area contributed by atoms with Crippen LogP contribution in [0.15, 0.2) is 36.4 Å². The highest BCUT2D eigenvalue weighted by Crippen LogP contribution is 2.48. The zero-order valence-electron chi connectivity index (χ0n) is 16.0. The molecule has 2 aromatic rings. The van der Waals surface area contributed by atoms with Gasteiger partial charge in [0.05, 0.1) is 0 Å². The quantitative estimate of drug-likeness (QED) is 0.772. The van der Waals surface area contributed by atoms with Gasteiger partial charge in [0.1, 0.15) is 11.9 Å². The van der Waals surface area contributed by atoms with Gasteiger partial charge in [-0.25, -0.2) is 9.18 Å². The molecule has 0 spiro atoms. The summed E-state index contributed by atoms with van der Waals surface area (Å²) in [7, 11) is 0. The van der Waals surface area contributed by atoms with Crippen molar-refractivity contribution < 1.29 is 13.9 Å². The Morgan fingerprint density at radius 3 is 2.35 bits per heavy atom. The summed E-state index contributed by atoms with van der Waals surface area (Å²) < 4.78 is 20.1. The molecular weight excluding hydrogens is 329 g/mol. The second kappa shape index (κ2) is 6.11. The highest BCUT2D eigenvalue weighted by Gasteiger charge is 2.42. The molecule has 1 unspecified atom stereocenters. The number of halogens is 1. The number of benzene rings is 2. The van der Waals surface area contributed by atoms with E-state index in [1.807, 2.05) is 44.2 Å². The third-order valence-corrected chi connectivity index (χ3v) is 5.16. The lowest BCUT2D eigenvalue weighted by Gasteiger charge is -2.26. The van der Waals surface area contributed by atoms with Crippen molar-refractivity contribution >= 4 is 6.09 Å². The molecule has 0 aromatic heterocycles. The molecule has 26 heavy (non-hydrogen) atoms. The SMILES string of the molecule is CC(C)(C)c1ccc(-c2cc3c(cc2F)C(OC(N)=O)C(C)(C)C3)cc1. The number of hydrogen-bond donors (Lipinski definition) is 1. The Balaban J connectivity index is 2.02. The monoisotopic (exact) mass is 355 g/mol. The highest BCUT2D eigenvalue weighted by molar-refractivity contribution is 5.68. The Hall–Kier alpha value is -2.36. The average molecular weight is 355 g/mol. The van der Waals surface area contributed by atoms with Crippen LogP contribution in [-0.2, 0) is 16.6 Å². The first-order valence-electron chi connectivity index (χ1n) is 8.88. The van der Waals surface area contributed by atoms with E-state index in [4.69, 9.17) is 10.5 Å². The van der Waals surface area contributed by atoms with E-state index in [0.29, 0.717) is 17.5 Å². The van der Waals surface area contributed by atoms with Gasteiger partial charge in [0.2, 0.25) is 0 Å². The standard InChI is InChI=1S/C22H26FNO2/c1-21(2,3)15-8-6-13(7-9-15)16-10-14-12-22(4,5)19(26-20(24)25)17(14)11-18(16)23/h6-11,19H,12H2,1-5H3,(H2,24,25). The van der Waals surface area contributed by atoms with Crippen LogP contribution in [0.2, 0.25) is 0 Å². The molecule has 0 saturated carbocycles. The summed E-state index contributed by atoms with van der Waals surface area (Å²) in [6.45, 7) is 10.4. The first-order chi connectivity index (χ1) is 12.0. The number of hydrogen-bond acceptors (Lipinski definition) is 2. The van der Waals surface area contributed by atoms with E-state index in [2.05, 4.69) is 20.8 Å². The van der Waals surface area contributed by atoms with Crippen molar-refractivity contribution in [2.24, 2.45) is 11.1 Å². The lowest BCUT2D eigenvalue weighted by Crippen LogP contribution is -2.25. The third kappa shape index (κ3) is 3.33. The fourth-order valence-corrected chi connectivity index (χ4v) is 3.75. The van der Waals surface area contributed by atoms with Crippen LogP contribution in [0.1, 0.15) is 57.4 Å². The minimum absolute atomic E-state index is 0.0539. The van der Waals surface area contributed by atoms with Gasteiger partial charge in [0.25, 0.3) is 0 Å². The maximum atomic E-state index is 14.9. The van der Waals surface area contributed by atoms with Gasteiger partial charge in [0.15, 0.2) is 0 Å². The van der Waals surface area contributed by atoms with Crippen LogP contribution < -0.4 is 5.73 Å². The largest absolute Gasteiger partial charge is 0.441 e. The number of carbonyl (C=O) groups is 1. The molecule has 2 aromatic carbocycles. The number of nitrogens with two attached hydrogens (primary N) is 1. The molecule has 4 heteroatoms. The Bertz CT molecular complexity index is 848. The molecule has 0 radical (unpaired) electrons. The molecule has 1 aliphatic carbocycles. The van der Waals surface area contributed by atoms with Crippen molar-refractivity contribution in [3.8, 4) is 11.1 Å². The van der Waals surface area contributed by atoms with Gasteiger partial charge >= 0.3 is 6.09 Å². The number of ether oxygens (including phenoxy) is 1. The Kier molecular flexibility index (Phi) is 4.33. The van der Waals surface area contributed by atoms with Crippen LogP contribution in [0.25, 0.3) is 11.1 Å². The maximum Gasteiger partial charge on any atom is 0.405 e. The molecule has 1 aliphatic rings. The van der Waals surface area contributed by atoms with Crippen LogP contribution in [0.5, 0.6) is 0 Å². The number of fused-ring (bicyclic) bond motifs is 1. The lowest BCUT2D eigenvalue weighted by molar-refractivity contribution is 0.0391. The van der Waals surface area contributed by atoms with E-state index < -0.39 is 12.2 Å². The third-order valence-electron chi connectivity index (χ3n) is 5.16. The smallest absolute Gasteiger partial charge is 0.405 e. The highest BCUT2D eigenvalue weighted by atomic mass is 19.1. The van der Waals surface area contributed by atoms with Gasteiger partial charge in [-0.15, -0.1) is 0 Å². The number of primary amides is 1. The van der Waals surface area contributed by atoms with Crippen molar-refractivity contribution in [2.75, 3.05) is 0 Å². The molecule has 3 nitrogen and oxygen atoms in total. The Morgan fingerprint density at radius 2 is 1.81 bits per heavy atom. The van der Waals surface area contributed by atoms with E-state index in [1.165, 1.54) is 11.6 Å². The Labute approximate surface area is 154 Å². The van der Waals surface area contributed by atoms with Crippen LogP contribution >= 0.6 is 0 Å². The predicted octanol–water partition coefficient (Wildman–Crippen LogP) is 5.51. The van der Waals surface area contributed by atoms with Gasteiger partial charge in [-0.05, 0) is 46.2 Å². The van der Waals surface area contributed by atoms with E-state index in [-0.39, 0.29) is 16.6 Å². The van der Waals surface area contributed by atoms with Gasteiger partial charge in [-0.1, -0.05) is 58.9 Å². The summed E-state index contributed by atoms with van der Waals surface area (Å²) in [5, 5.41) is 0. The zero-order chi connectivity index (χ0) is 19.3. The van der Waals surface area contributed by atoms with E-state index >= 15 is 0 Å². The van der Waals surface area contributed by atoms with Crippen molar-refractivity contribution in [3.63, 3.8) is 0 Å². The molecule has 0 saturated heterocycles. The molecule has 3 rings (SSSR count). The van der Waals surface area contributed by atoms with Gasteiger partial charge < -0.3 is 10.5 Å². The van der Waals surface area contributed by atoms with Crippen LogP contribution in [0.4, 0.5) is 9.18 Å². The summed E-state index contributed by atoms with van der Waals surface area (Å²) in [6.07, 6.45) is -0.659. The van der Waals surface area contributed by atoms with Crippen molar-refractivity contribution in [2.45, 2.75) is 52.6 Å². The minimum atomic E-state index is -0.835. The van der Waals surface area contributed by atoms with Gasteiger partial charge in [0, 0.05) is 11.0 Å². The molecule has 0 bridgehead atoms. The first-order valence-corrected chi connectivity index (χ1v) is 8.88. The topological polar surface area (TPSA) is 52.3 Å². The summed E-state index contributed by atoms with van der Waals surface area (Å²) in [5.74, 6) is -0.317. The van der Waals surface area contributed by atoms with Gasteiger partial charge in [-0.3, -0.25) is 0 Å². The second-order valence-electron chi connectivity index (χ2n) is 8.84. The predicted molar refractivity (Wildman–Crippen MR) is 101 cm³/mol. The van der Waals surface area contributed by atoms with Crippen LogP contribution in [0.3, 0.4) is 0 Å². The summed E-state index contributed by atoms with van der Waals surface area (Å²) in [4.78, 5) is 11.2. The Morgan fingerprint density at radius 1 is 1.19 bits per heavy atom. The van der Waals surface area contributed by atoms with Crippen LogP contribution in [-0.4, -0.2) is 6.09 Å². The van der Waals surface area contributed by atoms with Crippen LogP contribution in [0, 0.1) is 11.2 Å². The molecule has 138 valence electrons. The summed E-state index contributed by atoms with van der Waals surface area (Å²) in [6, 6.07) is 11.4. The molecular formula is C22H26FNO2. The summed E-state index contributed by atoms with van der Waals surface area (Å²) in [5.41, 5.74) is 9.26. The molecule has 0 heterocycles. The van der Waals surface area contributed by atoms with E-state index in [1.54, 1.807) is 0 Å². The normalized spacial score (nSPS) is 18.5. The molecule has 1 amide bonds. The first kappa shape index (κ1) is 18.4. The van der Waals surface area contributed by atoms with Crippen molar-refractivity contribution in [1.82, 2.24) is 0 Å². The summed E-state index contributed by atoms with van der Waals surface area (Å²) >= 11 is 0. The molecule has 0 fully saturated rings. The molecule has 1 atom stereocenters. The van der Waals surface area contributed by atoms with Gasteiger partial charge in [-0.2, -0.15) is 0 Å². The maximum absolute atomic E-state index is 14.9. The molecule has 2 N–H and O–H groups in total. The van der Waals surface area contributed by atoms with E-state index in [9.17, 15) is 9.18 Å².